The molecule has 1 fully saturated rings. The van der Waals surface area contributed by atoms with Crippen molar-refractivity contribution >= 4 is 17.5 Å². The predicted molar refractivity (Wildman–Crippen MR) is 82.0 cm³/mol. The second-order valence-electron chi connectivity index (χ2n) is 5.99. The van der Waals surface area contributed by atoms with Gasteiger partial charge in [-0.1, -0.05) is 12.1 Å². The highest BCUT2D eigenvalue weighted by Crippen LogP contribution is 2.15. The number of carbonyl (C=O) groups is 2. The van der Waals surface area contributed by atoms with Crippen LogP contribution in [-0.4, -0.2) is 31.4 Å². The van der Waals surface area contributed by atoms with Crippen molar-refractivity contribution in [2.45, 2.75) is 26.7 Å². The van der Waals surface area contributed by atoms with E-state index in [2.05, 4.69) is 5.32 Å². The lowest BCUT2D eigenvalue weighted by molar-refractivity contribution is -0.899. The van der Waals surface area contributed by atoms with Crippen LogP contribution in [0.5, 0.6) is 0 Å². The molecule has 5 heteroatoms. The van der Waals surface area contributed by atoms with Crippen molar-refractivity contribution in [3.63, 3.8) is 0 Å². The Morgan fingerprint density at radius 1 is 1.38 bits per heavy atom. The Labute approximate surface area is 125 Å². The van der Waals surface area contributed by atoms with Crippen LogP contribution < -0.4 is 16.0 Å². The van der Waals surface area contributed by atoms with E-state index in [9.17, 15) is 9.59 Å². The van der Waals surface area contributed by atoms with Gasteiger partial charge in [-0.15, -0.1) is 0 Å². The molecule has 1 aliphatic rings. The summed E-state index contributed by atoms with van der Waals surface area (Å²) in [6, 6.07) is 6.01. The summed E-state index contributed by atoms with van der Waals surface area (Å²) in [6.07, 6.45) is 1.79. The van der Waals surface area contributed by atoms with Crippen LogP contribution in [0.25, 0.3) is 0 Å². The van der Waals surface area contributed by atoms with Crippen LogP contribution in [0, 0.1) is 19.8 Å². The summed E-state index contributed by atoms with van der Waals surface area (Å²) < 4.78 is 0. The fourth-order valence-electron chi connectivity index (χ4n) is 2.85. The van der Waals surface area contributed by atoms with E-state index >= 15 is 0 Å². The third-order valence-electron chi connectivity index (χ3n) is 4.10. The summed E-state index contributed by atoms with van der Waals surface area (Å²) in [5.74, 6) is -0.354. The molecule has 2 amide bonds. The maximum Gasteiger partial charge on any atom is 0.279 e. The molecule has 0 saturated carbocycles. The minimum Gasteiger partial charge on any atom is -0.369 e. The molecule has 114 valence electrons. The third kappa shape index (κ3) is 4.29. The number of piperidine rings is 1. The number of aryl methyl sites for hydroxylation is 2. The fourth-order valence-corrected chi connectivity index (χ4v) is 2.85. The first-order valence-corrected chi connectivity index (χ1v) is 7.45. The molecule has 0 radical (unpaired) electrons. The van der Waals surface area contributed by atoms with E-state index in [0.717, 1.165) is 41.1 Å². The van der Waals surface area contributed by atoms with Crippen LogP contribution >= 0.6 is 0 Å². The number of hydrogen-bond donors (Lipinski definition) is 3. The fraction of sp³-hybridized carbons (Fsp3) is 0.500. The van der Waals surface area contributed by atoms with Crippen molar-refractivity contribution in [3.8, 4) is 0 Å². The van der Waals surface area contributed by atoms with Crippen molar-refractivity contribution in [2.75, 3.05) is 25.0 Å². The zero-order chi connectivity index (χ0) is 15.4. The van der Waals surface area contributed by atoms with Gasteiger partial charge in [0.05, 0.1) is 19.0 Å². The molecule has 0 aliphatic carbocycles. The standard InChI is InChI=1S/C16H23N3O2/c1-11-5-6-12(2)14(8-11)18-15(20)10-19-7-3-4-13(9-19)16(17)21/h5-6,8,13H,3-4,7,9-10H2,1-2H3,(H2,17,21)(H,18,20)/p+1/t13-/m0/s1. The maximum atomic E-state index is 12.2. The van der Waals surface area contributed by atoms with Gasteiger partial charge in [0, 0.05) is 5.69 Å². The molecular formula is C16H24N3O2+. The second kappa shape index (κ2) is 6.72. The van der Waals surface area contributed by atoms with Crippen molar-refractivity contribution in [1.29, 1.82) is 0 Å². The summed E-state index contributed by atoms with van der Waals surface area (Å²) in [7, 11) is 0. The first-order chi connectivity index (χ1) is 9.95. The van der Waals surface area contributed by atoms with Gasteiger partial charge in [-0.2, -0.15) is 0 Å². The van der Waals surface area contributed by atoms with Crippen molar-refractivity contribution in [3.05, 3.63) is 29.3 Å². The molecule has 1 aliphatic heterocycles. The van der Waals surface area contributed by atoms with Crippen LogP contribution in [-0.2, 0) is 9.59 Å². The molecule has 0 bridgehead atoms. The molecule has 1 aromatic carbocycles. The van der Waals surface area contributed by atoms with Crippen molar-refractivity contribution in [1.82, 2.24) is 0 Å². The van der Waals surface area contributed by atoms with Gasteiger partial charge in [-0.3, -0.25) is 9.59 Å². The quantitative estimate of drug-likeness (QED) is 0.731. The average molecular weight is 290 g/mol. The number of quaternary nitrogens is 1. The summed E-state index contributed by atoms with van der Waals surface area (Å²) >= 11 is 0. The Hall–Kier alpha value is -1.88. The lowest BCUT2D eigenvalue weighted by Gasteiger charge is -2.27. The van der Waals surface area contributed by atoms with Gasteiger partial charge < -0.3 is 16.0 Å². The van der Waals surface area contributed by atoms with Crippen molar-refractivity contribution in [2.24, 2.45) is 11.7 Å². The number of primary amides is 1. The molecule has 1 aromatic rings. The van der Waals surface area contributed by atoms with Crippen LogP contribution in [0.3, 0.4) is 0 Å². The molecular weight excluding hydrogens is 266 g/mol. The van der Waals surface area contributed by atoms with E-state index in [1.807, 2.05) is 32.0 Å². The topological polar surface area (TPSA) is 76.6 Å². The van der Waals surface area contributed by atoms with E-state index in [1.165, 1.54) is 0 Å². The number of rotatable bonds is 4. The normalized spacial score (nSPS) is 21.8. The molecule has 2 atom stereocenters. The molecule has 21 heavy (non-hydrogen) atoms. The van der Waals surface area contributed by atoms with Gasteiger partial charge in [-0.05, 0) is 43.9 Å². The summed E-state index contributed by atoms with van der Waals surface area (Å²) in [5, 5.41) is 2.97. The van der Waals surface area contributed by atoms with Gasteiger partial charge in [0.15, 0.2) is 6.54 Å². The molecule has 0 spiro atoms. The second-order valence-corrected chi connectivity index (χ2v) is 5.99. The summed E-state index contributed by atoms with van der Waals surface area (Å²) in [5.41, 5.74) is 8.40. The zero-order valence-corrected chi connectivity index (χ0v) is 12.7. The Morgan fingerprint density at radius 3 is 2.86 bits per heavy atom. The third-order valence-corrected chi connectivity index (χ3v) is 4.10. The highest BCUT2D eigenvalue weighted by Gasteiger charge is 2.28. The minimum absolute atomic E-state index is 0.0104. The smallest absolute Gasteiger partial charge is 0.279 e. The molecule has 1 saturated heterocycles. The van der Waals surface area contributed by atoms with Crippen molar-refractivity contribution < 1.29 is 14.5 Å². The Balaban J connectivity index is 1.92. The Kier molecular flexibility index (Phi) is 4.96. The SMILES string of the molecule is Cc1ccc(C)c(NC(=O)C[NH+]2CCC[C@H](C(N)=O)C2)c1. The summed E-state index contributed by atoms with van der Waals surface area (Å²) in [4.78, 5) is 24.6. The van der Waals surface area contributed by atoms with Gasteiger partial charge in [0.1, 0.15) is 0 Å². The lowest BCUT2D eigenvalue weighted by atomic mass is 9.97. The van der Waals surface area contributed by atoms with Gasteiger partial charge >= 0.3 is 0 Å². The lowest BCUT2D eigenvalue weighted by Crippen LogP contribution is -3.14. The monoisotopic (exact) mass is 290 g/mol. The maximum absolute atomic E-state index is 12.2. The number of benzene rings is 1. The van der Waals surface area contributed by atoms with Gasteiger partial charge in [-0.25, -0.2) is 0 Å². The van der Waals surface area contributed by atoms with Crippen LogP contribution in [0.2, 0.25) is 0 Å². The van der Waals surface area contributed by atoms with E-state index in [-0.39, 0.29) is 17.7 Å². The molecule has 2 rings (SSSR count). The zero-order valence-electron chi connectivity index (χ0n) is 12.7. The molecule has 4 N–H and O–H groups in total. The van der Waals surface area contributed by atoms with Gasteiger partial charge in [0.25, 0.3) is 5.91 Å². The largest absolute Gasteiger partial charge is 0.369 e. The van der Waals surface area contributed by atoms with Crippen LogP contribution in [0.4, 0.5) is 5.69 Å². The van der Waals surface area contributed by atoms with Crippen LogP contribution in [0.15, 0.2) is 18.2 Å². The summed E-state index contributed by atoms with van der Waals surface area (Å²) in [6.45, 7) is 5.95. The Bertz CT molecular complexity index is 542. The molecule has 1 heterocycles. The number of anilines is 1. The number of amides is 2. The highest BCUT2D eigenvalue weighted by molar-refractivity contribution is 5.92. The highest BCUT2D eigenvalue weighted by atomic mass is 16.2. The molecule has 5 nitrogen and oxygen atoms in total. The van der Waals surface area contributed by atoms with E-state index in [0.29, 0.717) is 13.1 Å². The number of nitrogens with two attached hydrogens (primary N) is 1. The number of carbonyl (C=O) groups excluding carboxylic acids is 2. The molecule has 0 aromatic heterocycles. The first kappa shape index (κ1) is 15.5. The van der Waals surface area contributed by atoms with Crippen LogP contribution in [0.1, 0.15) is 24.0 Å². The van der Waals surface area contributed by atoms with E-state index in [1.54, 1.807) is 0 Å². The number of likely N-dealkylation sites (tertiary alicyclic amines) is 1. The predicted octanol–water partition coefficient (Wildman–Crippen LogP) is 0.0221. The van der Waals surface area contributed by atoms with E-state index < -0.39 is 0 Å². The number of hydrogen-bond acceptors (Lipinski definition) is 2. The Morgan fingerprint density at radius 2 is 2.14 bits per heavy atom. The molecule has 1 unspecified atom stereocenters. The first-order valence-electron chi connectivity index (χ1n) is 7.45. The average Bonchev–Trinajstić information content (AvgIpc) is 2.43. The number of nitrogens with one attached hydrogen (secondary N) is 2. The van der Waals surface area contributed by atoms with E-state index in [4.69, 9.17) is 5.73 Å². The minimum atomic E-state index is -0.248. The van der Waals surface area contributed by atoms with Gasteiger partial charge in [0.2, 0.25) is 5.91 Å².